The van der Waals surface area contributed by atoms with Crippen molar-refractivity contribution in [2.24, 2.45) is 0 Å². The van der Waals surface area contributed by atoms with Gasteiger partial charge in [0, 0.05) is 31.6 Å². The Morgan fingerprint density at radius 2 is 1.62 bits per heavy atom. The van der Waals surface area contributed by atoms with E-state index in [-0.39, 0.29) is 0 Å². The number of nitrogens with zero attached hydrogens (tertiary/aromatic N) is 7. The van der Waals surface area contributed by atoms with E-state index < -0.39 is 0 Å². The molecule has 0 aliphatic carbocycles. The maximum absolute atomic E-state index is 5.59. The Hall–Kier alpha value is -3.56. The molecule has 2 aliphatic heterocycles. The maximum atomic E-state index is 5.59. The third kappa shape index (κ3) is 3.48. The standard InChI is InChI=1S/C25H27N7O2/c1-3-19-17(2)18-6-4-5-7-20(18)32(19)25-28-23-22(24(29-25)31-10-14-34-15-11-31)26-16-21(27-23)30-8-12-33-13-9-30/h3-7,16H,1,8-15H2,2H3. The monoisotopic (exact) mass is 457 g/mol. The fourth-order valence-corrected chi connectivity index (χ4v) is 4.79. The van der Waals surface area contributed by atoms with Crippen molar-refractivity contribution < 1.29 is 9.47 Å². The predicted molar refractivity (Wildman–Crippen MR) is 133 cm³/mol. The van der Waals surface area contributed by atoms with E-state index in [9.17, 15) is 0 Å². The van der Waals surface area contributed by atoms with Gasteiger partial charge in [0.25, 0.3) is 0 Å². The van der Waals surface area contributed by atoms with Gasteiger partial charge in [-0.1, -0.05) is 24.8 Å². The number of rotatable bonds is 4. The summed E-state index contributed by atoms with van der Waals surface area (Å²) < 4.78 is 13.2. The molecule has 0 radical (unpaired) electrons. The molecule has 2 fully saturated rings. The summed E-state index contributed by atoms with van der Waals surface area (Å²) in [5.41, 5.74) is 4.46. The summed E-state index contributed by atoms with van der Waals surface area (Å²) in [7, 11) is 0. The number of benzene rings is 1. The zero-order valence-corrected chi connectivity index (χ0v) is 19.3. The molecule has 2 aliphatic rings. The fourth-order valence-electron chi connectivity index (χ4n) is 4.79. The van der Waals surface area contributed by atoms with Gasteiger partial charge in [0.1, 0.15) is 5.82 Å². The maximum Gasteiger partial charge on any atom is 0.238 e. The molecular weight excluding hydrogens is 430 g/mol. The molecule has 0 bridgehead atoms. The lowest BCUT2D eigenvalue weighted by molar-refractivity contribution is 0.122. The van der Waals surface area contributed by atoms with Gasteiger partial charge in [0.15, 0.2) is 17.0 Å². The second-order valence-corrected chi connectivity index (χ2v) is 8.51. The smallest absolute Gasteiger partial charge is 0.238 e. The Morgan fingerprint density at radius 1 is 0.912 bits per heavy atom. The number of hydrogen-bond donors (Lipinski definition) is 0. The van der Waals surface area contributed by atoms with Gasteiger partial charge in [-0.2, -0.15) is 9.97 Å². The molecule has 0 saturated carbocycles. The van der Waals surface area contributed by atoms with E-state index in [4.69, 9.17) is 29.4 Å². The minimum atomic E-state index is 0.571. The summed E-state index contributed by atoms with van der Waals surface area (Å²) in [4.78, 5) is 24.1. The summed E-state index contributed by atoms with van der Waals surface area (Å²) in [6.07, 6.45) is 3.69. The quantitative estimate of drug-likeness (QED) is 0.463. The minimum absolute atomic E-state index is 0.571. The van der Waals surface area contributed by atoms with Crippen LogP contribution in [0.3, 0.4) is 0 Å². The molecule has 0 unspecified atom stereocenters. The average molecular weight is 458 g/mol. The molecule has 174 valence electrons. The highest BCUT2D eigenvalue weighted by Crippen LogP contribution is 2.31. The first-order valence-corrected chi connectivity index (χ1v) is 11.7. The average Bonchev–Trinajstić information content (AvgIpc) is 3.20. The second-order valence-electron chi connectivity index (χ2n) is 8.51. The van der Waals surface area contributed by atoms with Crippen LogP contribution in [0, 0.1) is 6.92 Å². The van der Waals surface area contributed by atoms with Gasteiger partial charge < -0.3 is 19.3 Å². The first-order valence-electron chi connectivity index (χ1n) is 11.7. The van der Waals surface area contributed by atoms with E-state index in [1.54, 1.807) is 0 Å². The number of fused-ring (bicyclic) bond motifs is 2. The molecule has 0 amide bonds. The van der Waals surface area contributed by atoms with E-state index in [0.29, 0.717) is 43.5 Å². The number of aromatic nitrogens is 5. The Bertz CT molecular complexity index is 1370. The molecular formula is C25H27N7O2. The van der Waals surface area contributed by atoms with Crippen LogP contribution in [0.15, 0.2) is 37.0 Å². The first-order chi connectivity index (χ1) is 16.7. The lowest BCUT2D eigenvalue weighted by atomic mass is 10.1. The number of morpholine rings is 2. The third-order valence-electron chi connectivity index (χ3n) is 6.58. The van der Waals surface area contributed by atoms with Crippen LogP contribution < -0.4 is 9.80 Å². The molecule has 0 atom stereocenters. The lowest BCUT2D eigenvalue weighted by Crippen LogP contribution is -2.38. The highest BCUT2D eigenvalue weighted by atomic mass is 16.5. The van der Waals surface area contributed by atoms with Crippen molar-refractivity contribution in [2.75, 3.05) is 62.4 Å². The molecule has 9 heteroatoms. The molecule has 3 aromatic heterocycles. The van der Waals surface area contributed by atoms with E-state index in [2.05, 4.69) is 40.0 Å². The summed E-state index contributed by atoms with van der Waals surface area (Å²) >= 11 is 0. The van der Waals surface area contributed by atoms with Crippen molar-refractivity contribution >= 4 is 39.8 Å². The van der Waals surface area contributed by atoms with Gasteiger partial charge in [-0.05, 0) is 24.6 Å². The number of hydrogen-bond acceptors (Lipinski definition) is 8. The Kier molecular flexibility index (Phi) is 5.35. The molecule has 1 aromatic carbocycles. The molecule has 34 heavy (non-hydrogen) atoms. The van der Waals surface area contributed by atoms with Crippen LogP contribution in [0.4, 0.5) is 11.6 Å². The predicted octanol–water partition coefficient (Wildman–Crippen LogP) is 2.99. The summed E-state index contributed by atoms with van der Waals surface area (Å²) in [6, 6.07) is 8.29. The van der Waals surface area contributed by atoms with Gasteiger partial charge in [-0.3, -0.25) is 4.57 Å². The SMILES string of the molecule is C=Cc1c(C)c2ccccc2n1-c1nc(N2CCOCC2)c2ncc(N3CCOCC3)nc2n1. The minimum Gasteiger partial charge on any atom is -0.378 e. The van der Waals surface area contributed by atoms with Gasteiger partial charge in [-0.15, -0.1) is 0 Å². The van der Waals surface area contributed by atoms with Crippen LogP contribution in [0.5, 0.6) is 0 Å². The first kappa shape index (κ1) is 21.0. The number of aryl methyl sites for hydroxylation is 1. The summed E-state index contributed by atoms with van der Waals surface area (Å²) in [5.74, 6) is 2.17. The van der Waals surface area contributed by atoms with Crippen molar-refractivity contribution in [1.29, 1.82) is 0 Å². The molecule has 9 nitrogen and oxygen atoms in total. The second kappa shape index (κ2) is 8.66. The lowest BCUT2D eigenvalue weighted by Gasteiger charge is -2.29. The highest BCUT2D eigenvalue weighted by molar-refractivity contribution is 5.90. The van der Waals surface area contributed by atoms with Crippen LogP contribution >= 0.6 is 0 Å². The topological polar surface area (TPSA) is 81.4 Å². The molecule has 4 aromatic rings. The number of ether oxygens (including phenoxy) is 2. The van der Waals surface area contributed by atoms with E-state index in [1.807, 2.05) is 24.4 Å². The normalized spacial score (nSPS) is 17.0. The van der Waals surface area contributed by atoms with Crippen molar-refractivity contribution in [1.82, 2.24) is 24.5 Å². The van der Waals surface area contributed by atoms with Crippen LogP contribution in [-0.4, -0.2) is 77.1 Å². The molecule has 0 spiro atoms. The Labute approximate surface area is 197 Å². The molecule has 0 N–H and O–H groups in total. The summed E-state index contributed by atoms with van der Waals surface area (Å²) in [6.45, 7) is 11.9. The number of para-hydroxylation sites is 1. The summed E-state index contributed by atoms with van der Waals surface area (Å²) in [5, 5.41) is 1.15. The van der Waals surface area contributed by atoms with Gasteiger partial charge >= 0.3 is 0 Å². The molecule has 5 heterocycles. The van der Waals surface area contributed by atoms with E-state index >= 15 is 0 Å². The van der Waals surface area contributed by atoms with Crippen LogP contribution in [-0.2, 0) is 9.47 Å². The van der Waals surface area contributed by atoms with E-state index in [1.165, 1.54) is 0 Å². The fraction of sp³-hybridized carbons (Fsp3) is 0.360. The Balaban J connectivity index is 1.58. The van der Waals surface area contributed by atoms with Gasteiger partial charge in [-0.25, -0.2) is 9.97 Å². The van der Waals surface area contributed by atoms with Crippen LogP contribution in [0.1, 0.15) is 11.3 Å². The van der Waals surface area contributed by atoms with Crippen LogP contribution in [0.2, 0.25) is 0 Å². The van der Waals surface area contributed by atoms with Gasteiger partial charge in [0.05, 0.1) is 43.8 Å². The van der Waals surface area contributed by atoms with Crippen LogP contribution in [0.25, 0.3) is 34.1 Å². The molecule has 2 saturated heterocycles. The third-order valence-corrected chi connectivity index (χ3v) is 6.58. The van der Waals surface area contributed by atoms with Crippen molar-refractivity contribution in [2.45, 2.75) is 6.92 Å². The molecule has 6 rings (SSSR count). The highest BCUT2D eigenvalue weighted by Gasteiger charge is 2.23. The number of anilines is 2. The van der Waals surface area contributed by atoms with Gasteiger partial charge in [0.2, 0.25) is 5.95 Å². The zero-order chi connectivity index (χ0) is 23.1. The van der Waals surface area contributed by atoms with E-state index in [0.717, 1.165) is 60.0 Å². The van der Waals surface area contributed by atoms with Crippen molar-refractivity contribution in [3.8, 4) is 5.95 Å². The zero-order valence-electron chi connectivity index (χ0n) is 19.3. The largest absolute Gasteiger partial charge is 0.378 e. The van der Waals surface area contributed by atoms with Crippen molar-refractivity contribution in [3.05, 3.63) is 48.3 Å². The van der Waals surface area contributed by atoms with Crippen molar-refractivity contribution in [3.63, 3.8) is 0 Å². The Morgan fingerprint density at radius 3 is 2.35 bits per heavy atom.